The van der Waals surface area contributed by atoms with Crippen LogP contribution in [0.2, 0.25) is 0 Å². The van der Waals surface area contributed by atoms with Gasteiger partial charge in [0.25, 0.3) is 0 Å². The predicted octanol–water partition coefficient (Wildman–Crippen LogP) is 1.78. The Bertz CT molecular complexity index is 460. The summed E-state index contributed by atoms with van der Waals surface area (Å²) in [5, 5.41) is 9.27. The first kappa shape index (κ1) is 14.2. The van der Waals surface area contributed by atoms with E-state index in [1.54, 1.807) is 24.3 Å². The third-order valence-corrected chi connectivity index (χ3v) is 5.43. The number of benzene rings is 1. The van der Waals surface area contributed by atoms with E-state index in [1.807, 2.05) is 13.0 Å². The second kappa shape index (κ2) is 6.30. The number of rotatable bonds is 5. The summed E-state index contributed by atoms with van der Waals surface area (Å²) in [5.41, 5.74) is 0.704. The Kier molecular flexibility index (Phi) is 4.71. The molecule has 0 aromatic heterocycles. The third kappa shape index (κ3) is 3.42. The van der Waals surface area contributed by atoms with E-state index in [0.29, 0.717) is 12.2 Å². The molecule has 0 bridgehead atoms. The average molecular weight is 282 g/mol. The minimum Gasteiger partial charge on any atom is -0.481 e. The second-order valence-electron chi connectivity index (χ2n) is 4.75. The largest absolute Gasteiger partial charge is 0.481 e. The lowest BCUT2D eigenvalue weighted by Crippen LogP contribution is -2.29. The van der Waals surface area contributed by atoms with Crippen molar-refractivity contribution in [1.29, 1.82) is 0 Å². The van der Waals surface area contributed by atoms with Crippen LogP contribution in [0.1, 0.15) is 24.8 Å². The lowest BCUT2D eigenvalue weighted by atomic mass is 10.0. The zero-order valence-corrected chi connectivity index (χ0v) is 11.6. The molecular formula is C14H18O4S. The van der Waals surface area contributed by atoms with E-state index in [0.717, 1.165) is 6.42 Å². The molecule has 1 N–H and O–H groups in total. The molecule has 104 valence electrons. The molecule has 1 saturated heterocycles. The van der Waals surface area contributed by atoms with Gasteiger partial charge in [-0.15, -0.1) is 0 Å². The van der Waals surface area contributed by atoms with E-state index in [9.17, 15) is 14.1 Å². The molecule has 4 atom stereocenters. The van der Waals surface area contributed by atoms with E-state index in [-0.39, 0.29) is 17.1 Å². The van der Waals surface area contributed by atoms with Gasteiger partial charge in [-0.2, -0.15) is 0 Å². The van der Waals surface area contributed by atoms with Gasteiger partial charge in [-0.3, -0.25) is 9.00 Å². The van der Waals surface area contributed by atoms with Crippen molar-refractivity contribution in [1.82, 2.24) is 0 Å². The summed E-state index contributed by atoms with van der Waals surface area (Å²) in [5.74, 6) is -1.49. The Labute approximate surface area is 115 Å². The molecule has 1 aliphatic heterocycles. The predicted molar refractivity (Wildman–Crippen MR) is 73.6 cm³/mol. The number of hydrogen-bond donors (Lipinski definition) is 1. The second-order valence-corrected chi connectivity index (χ2v) is 6.45. The van der Waals surface area contributed by atoms with Gasteiger partial charge >= 0.3 is 5.97 Å². The van der Waals surface area contributed by atoms with Crippen LogP contribution < -0.4 is 0 Å². The zero-order chi connectivity index (χ0) is 13.8. The monoisotopic (exact) mass is 282 g/mol. The molecule has 5 heteroatoms. The van der Waals surface area contributed by atoms with Gasteiger partial charge in [0.15, 0.2) is 0 Å². The van der Waals surface area contributed by atoms with Crippen molar-refractivity contribution in [2.24, 2.45) is 0 Å². The maximum atomic E-state index is 12.3. The summed E-state index contributed by atoms with van der Waals surface area (Å²) in [6, 6.07) is 8.98. The number of ether oxygens (including phenoxy) is 1. The highest BCUT2D eigenvalue weighted by molar-refractivity contribution is 7.85. The van der Waals surface area contributed by atoms with Crippen molar-refractivity contribution < 1.29 is 18.8 Å². The van der Waals surface area contributed by atoms with Crippen LogP contribution in [-0.4, -0.2) is 39.0 Å². The molecule has 1 fully saturated rings. The van der Waals surface area contributed by atoms with Gasteiger partial charge in [0.2, 0.25) is 0 Å². The molecule has 1 aliphatic rings. The van der Waals surface area contributed by atoms with Crippen molar-refractivity contribution >= 4 is 16.8 Å². The van der Waals surface area contributed by atoms with Gasteiger partial charge in [0.1, 0.15) is 0 Å². The number of aliphatic carboxylic acids is 1. The minimum atomic E-state index is -1.18. The average Bonchev–Trinajstić information content (AvgIpc) is 2.82. The van der Waals surface area contributed by atoms with E-state index in [2.05, 4.69) is 0 Å². The number of hydrogen-bond acceptors (Lipinski definition) is 3. The van der Waals surface area contributed by atoms with Crippen LogP contribution in [0.25, 0.3) is 0 Å². The number of carbonyl (C=O) groups is 1. The molecule has 0 aliphatic carbocycles. The highest BCUT2D eigenvalue weighted by Crippen LogP contribution is 2.24. The first-order valence-electron chi connectivity index (χ1n) is 6.36. The minimum absolute atomic E-state index is 0.0500. The van der Waals surface area contributed by atoms with Crippen molar-refractivity contribution in [3.05, 3.63) is 35.9 Å². The van der Waals surface area contributed by atoms with Gasteiger partial charge in [-0.1, -0.05) is 30.3 Å². The van der Waals surface area contributed by atoms with Crippen molar-refractivity contribution in [2.75, 3.05) is 12.4 Å². The summed E-state index contributed by atoms with van der Waals surface area (Å²) in [4.78, 5) is 11.4. The molecule has 0 spiro atoms. The first-order chi connectivity index (χ1) is 9.09. The van der Waals surface area contributed by atoms with Gasteiger partial charge in [-0.25, -0.2) is 0 Å². The molecule has 1 heterocycles. The van der Waals surface area contributed by atoms with Crippen LogP contribution >= 0.6 is 0 Å². The Morgan fingerprint density at radius 2 is 2.16 bits per heavy atom. The molecule has 0 radical (unpaired) electrons. The highest BCUT2D eigenvalue weighted by Gasteiger charge is 2.33. The van der Waals surface area contributed by atoms with Gasteiger partial charge in [0.05, 0.1) is 17.3 Å². The quantitative estimate of drug-likeness (QED) is 0.894. The van der Waals surface area contributed by atoms with E-state index in [4.69, 9.17) is 4.74 Å². The fraction of sp³-hybridized carbons (Fsp3) is 0.500. The van der Waals surface area contributed by atoms with E-state index < -0.39 is 22.7 Å². The van der Waals surface area contributed by atoms with Crippen LogP contribution in [-0.2, 0) is 20.3 Å². The number of carboxylic acid groups (broad SMARTS) is 1. The molecule has 19 heavy (non-hydrogen) atoms. The maximum Gasteiger partial charge on any atom is 0.311 e. The van der Waals surface area contributed by atoms with Crippen molar-refractivity contribution in [2.45, 2.75) is 30.6 Å². The van der Waals surface area contributed by atoms with Crippen LogP contribution in [0, 0.1) is 0 Å². The number of carboxylic acids is 1. The molecule has 0 amide bonds. The molecule has 0 saturated carbocycles. The smallest absolute Gasteiger partial charge is 0.311 e. The van der Waals surface area contributed by atoms with Crippen molar-refractivity contribution in [3.8, 4) is 0 Å². The van der Waals surface area contributed by atoms with Crippen LogP contribution in [0.5, 0.6) is 0 Å². The first-order valence-corrected chi connectivity index (χ1v) is 7.74. The molecule has 1 aromatic carbocycles. The molecule has 4 unspecified atom stereocenters. The Morgan fingerprint density at radius 1 is 1.47 bits per heavy atom. The van der Waals surface area contributed by atoms with Gasteiger partial charge in [0, 0.05) is 23.2 Å². The Morgan fingerprint density at radius 3 is 2.68 bits per heavy atom. The van der Waals surface area contributed by atoms with Crippen LogP contribution in [0.4, 0.5) is 0 Å². The normalized spacial score (nSPS) is 25.9. The topological polar surface area (TPSA) is 63.6 Å². The Hall–Kier alpha value is -1.20. The molecule has 2 rings (SSSR count). The fourth-order valence-electron chi connectivity index (χ4n) is 2.34. The van der Waals surface area contributed by atoms with Crippen molar-refractivity contribution in [3.63, 3.8) is 0 Å². The summed E-state index contributed by atoms with van der Waals surface area (Å²) in [6.45, 7) is 2.51. The zero-order valence-electron chi connectivity index (χ0n) is 10.8. The van der Waals surface area contributed by atoms with Crippen LogP contribution in [0.15, 0.2) is 30.3 Å². The summed E-state index contributed by atoms with van der Waals surface area (Å²) >= 11 is 0. The summed E-state index contributed by atoms with van der Waals surface area (Å²) in [6.07, 6.45) is 0.695. The van der Waals surface area contributed by atoms with E-state index >= 15 is 0 Å². The standard InChI is InChI=1S/C14H18O4S/c1-10-13(7-8-18-10)19(17)9-12(14(15)16)11-5-3-2-4-6-11/h2-6,10,12-13H,7-9H2,1H3,(H,15,16). The fourth-order valence-corrected chi connectivity index (χ4v) is 4.12. The lowest BCUT2D eigenvalue weighted by Gasteiger charge is -2.17. The van der Waals surface area contributed by atoms with Crippen LogP contribution in [0.3, 0.4) is 0 Å². The summed E-state index contributed by atoms with van der Waals surface area (Å²) < 4.78 is 17.7. The van der Waals surface area contributed by atoms with Gasteiger partial charge < -0.3 is 9.84 Å². The highest BCUT2D eigenvalue weighted by atomic mass is 32.2. The summed E-state index contributed by atoms with van der Waals surface area (Å²) in [7, 11) is -1.18. The Balaban J connectivity index is 2.09. The third-order valence-electron chi connectivity index (χ3n) is 3.48. The SMILES string of the molecule is CC1OCCC1S(=O)CC(C(=O)O)c1ccccc1. The maximum absolute atomic E-state index is 12.3. The molecule has 4 nitrogen and oxygen atoms in total. The van der Waals surface area contributed by atoms with Gasteiger partial charge in [-0.05, 0) is 18.9 Å². The van der Waals surface area contributed by atoms with E-state index in [1.165, 1.54) is 0 Å². The lowest BCUT2D eigenvalue weighted by molar-refractivity contribution is -0.138. The molecular weight excluding hydrogens is 264 g/mol. The molecule has 1 aromatic rings.